The number of imide groups is 1. The zero-order valence-electron chi connectivity index (χ0n) is 19.4. The highest BCUT2D eigenvalue weighted by molar-refractivity contribution is 7.17. The van der Waals surface area contributed by atoms with Gasteiger partial charge in [0, 0.05) is 7.05 Å². The Bertz CT molecular complexity index is 1290. The van der Waals surface area contributed by atoms with Gasteiger partial charge in [-0.15, -0.1) is 11.3 Å². The van der Waals surface area contributed by atoms with Crippen LogP contribution >= 0.6 is 11.3 Å². The molecular formula is C23H24N2O8S. The maximum Gasteiger partial charge on any atom is 0.513 e. The number of fused-ring (bicyclic) bond motifs is 1. The molecule has 3 aromatic rings. The first-order valence-electron chi connectivity index (χ1n) is 10.4. The van der Waals surface area contributed by atoms with Gasteiger partial charge >= 0.3 is 12.2 Å². The second-order valence-corrected chi connectivity index (χ2v) is 7.85. The number of anilines is 1. The maximum absolute atomic E-state index is 13.8. The zero-order chi connectivity index (χ0) is 25.0. The molecule has 0 saturated carbocycles. The lowest BCUT2D eigenvalue weighted by Gasteiger charge is -2.22. The number of methoxy groups -OCH3 is 1. The van der Waals surface area contributed by atoms with Gasteiger partial charge in [-0.1, -0.05) is 0 Å². The van der Waals surface area contributed by atoms with Crippen molar-refractivity contribution in [1.29, 1.82) is 0 Å². The summed E-state index contributed by atoms with van der Waals surface area (Å²) in [6.07, 6.45) is -2.08. The summed E-state index contributed by atoms with van der Waals surface area (Å²) in [7, 11) is 2.97. The van der Waals surface area contributed by atoms with Gasteiger partial charge in [0.1, 0.15) is 16.1 Å². The molecule has 180 valence electrons. The Labute approximate surface area is 199 Å². The lowest BCUT2D eigenvalue weighted by Crippen LogP contribution is -2.41. The molecule has 0 fully saturated rings. The van der Waals surface area contributed by atoms with E-state index in [1.807, 2.05) is 0 Å². The number of hydrogen-bond donors (Lipinski definition) is 0. The fourth-order valence-corrected chi connectivity index (χ4v) is 4.31. The molecule has 0 aliphatic rings. The average Bonchev–Trinajstić information content (AvgIpc) is 3.20. The van der Waals surface area contributed by atoms with Crippen molar-refractivity contribution in [3.8, 4) is 11.5 Å². The third-order valence-electron chi connectivity index (χ3n) is 4.88. The van der Waals surface area contributed by atoms with Gasteiger partial charge in [0.05, 0.1) is 31.4 Å². The maximum atomic E-state index is 13.8. The molecule has 0 N–H and O–H groups in total. The molecule has 3 rings (SSSR count). The van der Waals surface area contributed by atoms with E-state index < -0.39 is 29.3 Å². The van der Waals surface area contributed by atoms with E-state index in [0.717, 1.165) is 0 Å². The summed E-state index contributed by atoms with van der Waals surface area (Å²) in [5, 5.41) is 2.16. The molecule has 0 spiro atoms. The number of aryl methyl sites for hydroxylation is 2. The molecule has 34 heavy (non-hydrogen) atoms. The van der Waals surface area contributed by atoms with Crippen molar-refractivity contribution >= 4 is 45.4 Å². The van der Waals surface area contributed by atoms with Crippen molar-refractivity contribution < 1.29 is 33.3 Å². The van der Waals surface area contributed by atoms with E-state index in [1.54, 1.807) is 38.3 Å². The number of benzene rings is 1. The minimum atomic E-state index is -1.08. The Morgan fingerprint density at radius 1 is 1.06 bits per heavy atom. The number of pyridine rings is 1. The Kier molecular flexibility index (Phi) is 7.57. The predicted molar refractivity (Wildman–Crippen MR) is 126 cm³/mol. The number of ether oxygens (including phenoxy) is 4. The molecule has 11 heteroatoms. The van der Waals surface area contributed by atoms with Crippen LogP contribution < -0.4 is 19.9 Å². The largest absolute Gasteiger partial charge is 0.513 e. The van der Waals surface area contributed by atoms with Crippen LogP contribution in [-0.2, 0) is 16.5 Å². The van der Waals surface area contributed by atoms with E-state index in [0.29, 0.717) is 26.4 Å². The van der Waals surface area contributed by atoms with Crippen LogP contribution in [0.1, 0.15) is 29.8 Å². The summed E-state index contributed by atoms with van der Waals surface area (Å²) in [6.45, 7) is 4.95. The quantitative estimate of drug-likeness (QED) is 0.473. The number of carbonyl (C=O) groups excluding carboxylic acids is 3. The van der Waals surface area contributed by atoms with Crippen LogP contribution in [0.25, 0.3) is 10.2 Å². The summed E-state index contributed by atoms with van der Waals surface area (Å²) in [5.74, 6) is -0.795. The van der Waals surface area contributed by atoms with E-state index in [-0.39, 0.29) is 24.7 Å². The number of amides is 2. The van der Waals surface area contributed by atoms with Crippen LogP contribution in [0.3, 0.4) is 0 Å². The van der Waals surface area contributed by atoms with Crippen molar-refractivity contribution in [3.05, 3.63) is 51.1 Å². The third-order valence-corrected chi connectivity index (χ3v) is 6.05. The first-order valence-corrected chi connectivity index (χ1v) is 11.2. The lowest BCUT2D eigenvalue weighted by atomic mass is 10.1. The molecule has 0 atom stereocenters. The molecule has 2 aromatic heterocycles. The minimum Gasteiger partial charge on any atom is -0.497 e. The summed E-state index contributed by atoms with van der Waals surface area (Å²) >= 11 is 1.25. The Balaban J connectivity index is 2.27. The molecule has 1 aromatic carbocycles. The highest BCUT2D eigenvalue weighted by Crippen LogP contribution is 2.36. The van der Waals surface area contributed by atoms with Crippen molar-refractivity contribution in [2.24, 2.45) is 7.05 Å². The third kappa shape index (κ3) is 4.60. The number of hydrogen-bond acceptors (Lipinski definition) is 9. The number of carbonyl (C=O) groups is 3. The van der Waals surface area contributed by atoms with Gasteiger partial charge in [-0.2, -0.15) is 0 Å². The molecule has 0 saturated heterocycles. The van der Waals surface area contributed by atoms with Crippen LogP contribution in [0.5, 0.6) is 11.5 Å². The van der Waals surface area contributed by atoms with Crippen LogP contribution in [0.2, 0.25) is 0 Å². The molecule has 2 amide bonds. The first-order chi connectivity index (χ1) is 16.2. The normalized spacial score (nSPS) is 10.6. The molecule has 0 bridgehead atoms. The van der Waals surface area contributed by atoms with Crippen LogP contribution in [0, 0.1) is 6.92 Å². The number of nitrogens with zero attached hydrogens (tertiary/aromatic N) is 2. The fraction of sp³-hybridized carbons (Fsp3) is 0.304. The Hall–Kier alpha value is -3.86. The molecule has 2 heterocycles. The van der Waals surface area contributed by atoms with Crippen LogP contribution in [-0.4, -0.2) is 43.0 Å². The fourth-order valence-electron chi connectivity index (χ4n) is 3.29. The van der Waals surface area contributed by atoms with Crippen molar-refractivity contribution in [2.75, 3.05) is 25.2 Å². The molecule has 0 unspecified atom stereocenters. The van der Waals surface area contributed by atoms with E-state index >= 15 is 0 Å². The minimum absolute atomic E-state index is 0.00830. The summed E-state index contributed by atoms with van der Waals surface area (Å²) in [4.78, 5) is 53.4. The topological polar surface area (TPSA) is 113 Å². The van der Waals surface area contributed by atoms with Gasteiger partial charge < -0.3 is 23.5 Å². The summed E-state index contributed by atoms with van der Waals surface area (Å²) in [6, 6.07) is 6.04. The van der Waals surface area contributed by atoms with Crippen molar-refractivity contribution in [3.63, 3.8) is 0 Å². The molecule has 0 radical (unpaired) electrons. The molecule has 0 aliphatic carbocycles. The molecule has 10 nitrogen and oxygen atoms in total. The van der Waals surface area contributed by atoms with E-state index in [2.05, 4.69) is 0 Å². The number of aromatic nitrogens is 1. The predicted octanol–water partition coefficient (Wildman–Crippen LogP) is 4.26. The zero-order valence-corrected chi connectivity index (χ0v) is 20.2. The van der Waals surface area contributed by atoms with Crippen molar-refractivity contribution in [1.82, 2.24) is 4.57 Å². The highest BCUT2D eigenvalue weighted by Gasteiger charge is 2.34. The molecular weight excluding hydrogens is 464 g/mol. The number of thiophene rings is 1. The van der Waals surface area contributed by atoms with E-state index in [4.69, 9.17) is 18.9 Å². The summed E-state index contributed by atoms with van der Waals surface area (Å²) < 4.78 is 21.7. The summed E-state index contributed by atoms with van der Waals surface area (Å²) in [5.41, 5.74) is -0.443. The second-order valence-electron chi connectivity index (χ2n) is 6.99. The average molecular weight is 489 g/mol. The lowest BCUT2D eigenvalue weighted by molar-refractivity contribution is 0.0952. The van der Waals surface area contributed by atoms with Gasteiger partial charge in [0.15, 0.2) is 5.75 Å². The Morgan fingerprint density at radius 2 is 1.71 bits per heavy atom. The van der Waals surface area contributed by atoms with Gasteiger partial charge in [0.2, 0.25) is 0 Å². The first kappa shape index (κ1) is 24.8. The second kappa shape index (κ2) is 10.4. The standard InChI is InChI=1S/C23H24N2O8S/c1-6-31-22(28)25(14-8-10-15(30-5)11-9-14)20(27)17-18(33-23(29)32-7-2)16-13(3)12-34-21(16)24(4)19(17)26/h8-12H,6-7H2,1-5H3. The number of rotatable bonds is 6. The smallest absolute Gasteiger partial charge is 0.497 e. The van der Waals surface area contributed by atoms with Crippen LogP contribution in [0.15, 0.2) is 34.4 Å². The SMILES string of the molecule is CCOC(=O)Oc1c(C(=O)N(C(=O)OCC)c2ccc(OC)cc2)c(=O)n(C)c2scc(C)c12. The molecule has 0 aliphatic heterocycles. The van der Waals surface area contributed by atoms with Gasteiger partial charge in [-0.3, -0.25) is 9.59 Å². The van der Waals surface area contributed by atoms with Crippen LogP contribution in [0.4, 0.5) is 15.3 Å². The monoisotopic (exact) mass is 488 g/mol. The van der Waals surface area contributed by atoms with E-state index in [9.17, 15) is 19.2 Å². The Morgan fingerprint density at radius 3 is 2.29 bits per heavy atom. The van der Waals surface area contributed by atoms with Gasteiger partial charge in [-0.05, 0) is 56.0 Å². The highest BCUT2D eigenvalue weighted by atomic mass is 32.1. The van der Waals surface area contributed by atoms with Crippen molar-refractivity contribution in [2.45, 2.75) is 20.8 Å². The van der Waals surface area contributed by atoms with Gasteiger partial charge in [0.25, 0.3) is 11.5 Å². The van der Waals surface area contributed by atoms with Gasteiger partial charge in [-0.25, -0.2) is 14.5 Å². The van der Waals surface area contributed by atoms with E-state index in [1.165, 1.54) is 42.2 Å².